The number of anilines is 1. The fourth-order valence-corrected chi connectivity index (χ4v) is 1.92. The van der Waals surface area contributed by atoms with E-state index in [-0.39, 0.29) is 5.82 Å². The third-order valence-electron chi connectivity index (χ3n) is 2.75. The van der Waals surface area contributed by atoms with Crippen LogP contribution in [0.25, 0.3) is 0 Å². The van der Waals surface area contributed by atoms with Crippen molar-refractivity contribution in [2.24, 2.45) is 0 Å². The van der Waals surface area contributed by atoms with Gasteiger partial charge >= 0.3 is 0 Å². The fourth-order valence-electron chi connectivity index (χ4n) is 1.75. The van der Waals surface area contributed by atoms with E-state index in [1.807, 2.05) is 24.3 Å². The lowest BCUT2D eigenvalue weighted by molar-refractivity contribution is 0.185. The van der Waals surface area contributed by atoms with Gasteiger partial charge in [0.25, 0.3) is 0 Å². The maximum atomic E-state index is 13.5. The van der Waals surface area contributed by atoms with Crippen molar-refractivity contribution in [2.45, 2.75) is 13.2 Å². The van der Waals surface area contributed by atoms with Gasteiger partial charge in [-0.2, -0.15) is 0 Å². The highest BCUT2D eigenvalue weighted by Crippen LogP contribution is 2.20. The summed E-state index contributed by atoms with van der Waals surface area (Å²) in [4.78, 5) is 0. The van der Waals surface area contributed by atoms with Crippen molar-refractivity contribution >= 4 is 17.3 Å². The van der Waals surface area contributed by atoms with Crippen LogP contribution in [0.3, 0.4) is 0 Å². The lowest BCUT2D eigenvalue weighted by atomic mass is 10.1. The molecule has 2 rings (SSSR count). The summed E-state index contributed by atoms with van der Waals surface area (Å²) in [5.74, 6) is -0.305. The van der Waals surface area contributed by atoms with Gasteiger partial charge in [0.15, 0.2) is 0 Å². The van der Waals surface area contributed by atoms with Crippen LogP contribution in [0.1, 0.15) is 11.1 Å². The Bertz CT molecular complexity index is 542. The van der Waals surface area contributed by atoms with E-state index in [1.165, 1.54) is 12.1 Å². The summed E-state index contributed by atoms with van der Waals surface area (Å²) in [6.45, 7) is 1.14. The summed E-state index contributed by atoms with van der Waals surface area (Å²) < 4.78 is 18.5. The molecule has 0 aliphatic carbocycles. The third kappa shape index (κ3) is 3.94. The normalized spacial score (nSPS) is 10.5. The van der Waals surface area contributed by atoms with Gasteiger partial charge in [-0.05, 0) is 29.3 Å². The molecule has 0 unspecified atom stereocenters. The first kappa shape index (κ1) is 13.8. The van der Waals surface area contributed by atoms with E-state index < -0.39 is 0 Å². The van der Waals surface area contributed by atoms with Gasteiger partial charge in [-0.3, -0.25) is 0 Å². The predicted octanol–water partition coefficient (Wildman–Crippen LogP) is 4.24. The first-order valence-electron chi connectivity index (χ1n) is 5.94. The van der Waals surface area contributed by atoms with Crippen molar-refractivity contribution in [3.8, 4) is 0 Å². The van der Waals surface area contributed by atoms with Gasteiger partial charge in [-0.25, -0.2) is 4.39 Å². The molecule has 19 heavy (non-hydrogen) atoms. The number of hydrogen-bond donors (Lipinski definition) is 1. The average molecular weight is 280 g/mol. The molecular formula is C15H15ClFNO. The molecule has 0 fully saturated rings. The molecule has 0 heterocycles. The van der Waals surface area contributed by atoms with Gasteiger partial charge in [-0.15, -0.1) is 0 Å². The Labute approximate surface area is 117 Å². The first-order valence-corrected chi connectivity index (χ1v) is 6.32. The van der Waals surface area contributed by atoms with Crippen LogP contribution in [-0.4, -0.2) is 7.11 Å². The predicted molar refractivity (Wildman–Crippen MR) is 75.9 cm³/mol. The summed E-state index contributed by atoms with van der Waals surface area (Å²) in [7, 11) is 1.66. The lowest BCUT2D eigenvalue weighted by Gasteiger charge is -2.08. The summed E-state index contributed by atoms with van der Waals surface area (Å²) in [6.07, 6.45) is 0. The maximum Gasteiger partial charge on any atom is 0.146 e. The Hall–Kier alpha value is -1.58. The Balaban J connectivity index is 2.00. The summed E-state index contributed by atoms with van der Waals surface area (Å²) in [5.41, 5.74) is 2.59. The highest BCUT2D eigenvalue weighted by molar-refractivity contribution is 6.30. The van der Waals surface area contributed by atoms with E-state index >= 15 is 0 Å². The largest absolute Gasteiger partial charge is 0.380 e. The second-order valence-corrected chi connectivity index (χ2v) is 4.66. The Kier molecular flexibility index (Phi) is 4.77. The van der Waals surface area contributed by atoms with E-state index in [9.17, 15) is 4.39 Å². The molecule has 2 nitrogen and oxygen atoms in total. The van der Waals surface area contributed by atoms with Crippen LogP contribution in [0.5, 0.6) is 0 Å². The number of benzene rings is 2. The van der Waals surface area contributed by atoms with E-state index in [0.717, 1.165) is 11.1 Å². The van der Waals surface area contributed by atoms with Crippen molar-refractivity contribution in [3.05, 3.63) is 64.4 Å². The number of methoxy groups -OCH3 is 1. The minimum absolute atomic E-state index is 0.305. The minimum atomic E-state index is -0.305. The van der Waals surface area contributed by atoms with Crippen LogP contribution >= 0.6 is 11.6 Å². The SMILES string of the molecule is COCc1ccc(CNc2cc(Cl)ccc2F)cc1. The van der Waals surface area contributed by atoms with Crippen molar-refractivity contribution < 1.29 is 9.13 Å². The Morgan fingerprint density at radius 1 is 1.11 bits per heavy atom. The van der Waals surface area contributed by atoms with Gasteiger partial charge in [0.2, 0.25) is 0 Å². The number of nitrogens with one attached hydrogen (secondary N) is 1. The number of rotatable bonds is 5. The van der Waals surface area contributed by atoms with E-state index in [4.69, 9.17) is 16.3 Å². The molecule has 0 saturated heterocycles. The molecule has 1 N–H and O–H groups in total. The molecule has 0 bridgehead atoms. The van der Waals surface area contributed by atoms with Crippen LogP contribution in [0, 0.1) is 5.82 Å². The lowest BCUT2D eigenvalue weighted by Crippen LogP contribution is -2.01. The van der Waals surface area contributed by atoms with Gasteiger partial charge in [0, 0.05) is 18.7 Å². The molecule has 2 aromatic carbocycles. The molecule has 0 radical (unpaired) electrons. The molecule has 100 valence electrons. The zero-order chi connectivity index (χ0) is 13.7. The second-order valence-electron chi connectivity index (χ2n) is 4.23. The smallest absolute Gasteiger partial charge is 0.146 e. The van der Waals surface area contributed by atoms with E-state index in [1.54, 1.807) is 13.2 Å². The number of ether oxygens (including phenoxy) is 1. The molecule has 0 spiro atoms. The molecule has 4 heteroatoms. The van der Waals surface area contributed by atoms with Gasteiger partial charge < -0.3 is 10.1 Å². The van der Waals surface area contributed by atoms with E-state index in [0.29, 0.717) is 23.9 Å². The topological polar surface area (TPSA) is 21.3 Å². The van der Waals surface area contributed by atoms with Crippen molar-refractivity contribution in [2.75, 3.05) is 12.4 Å². The summed E-state index contributed by atoms with van der Waals surface area (Å²) in [6, 6.07) is 12.4. The fraction of sp³-hybridized carbons (Fsp3) is 0.200. The van der Waals surface area contributed by atoms with Crippen molar-refractivity contribution in [3.63, 3.8) is 0 Å². The quantitative estimate of drug-likeness (QED) is 0.884. The Morgan fingerprint density at radius 3 is 2.47 bits per heavy atom. The third-order valence-corrected chi connectivity index (χ3v) is 2.98. The zero-order valence-corrected chi connectivity index (χ0v) is 11.4. The maximum absolute atomic E-state index is 13.5. The standard InChI is InChI=1S/C15H15ClFNO/c1-19-10-12-4-2-11(3-5-12)9-18-15-8-13(16)6-7-14(15)17/h2-8,18H,9-10H2,1H3. The monoisotopic (exact) mass is 279 g/mol. The van der Waals surface area contributed by atoms with Crippen LogP contribution in [0.4, 0.5) is 10.1 Å². The molecule has 0 aromatic heterocycles. The Morgan fingerprint density at radius 2 is 1.79 bits per heavy atom. The van der Waals surface area contributed by atoms with Gasteiger partial charge in [0.05, 0.1) is 12.3 Å². The molecule has 0 aliphatic heterocycles. The summed E-state index contributed by atoms with van der Waals surface area (Å²) >= 11 is 5.83. The molecule has 2 aromatic rings. The molecular weight excluding hydrogens is 265 g/mol. The number of hydrogen-bond acceptors (Lipinski definition) is 2. The molecule has 0 amide bonds. The first-order chi connectivity index (χ1) is 9.19. The second kappa shape index (κ2) is 6.55. The number of halogens is 2. The molecule has 0 aliphatic rings. The van der Waals surface area contributed by atoms with Gasteiger partial charge in [-0.1, -0.05) is 35.9 Å². The molecule has 0 atom stereocenters. The van der Waals surface area contributed by atoms with Crippen LogP contribution in [-0.2, 0) is 17.9 Å². The van der Waals surface area contributed by atoms with Crippen LogP contribution in [0.2, 0.25) is 5.02 Å². The van der Waals surface area contributed by atoms with Crippen LogP contribution < -0.4 is 5.32 Å². The highest BCUT2D eigenvalue weighted by atomic mass is 35.5. The van der Waals surface area contributed by atoms with E-state index in [2.05, 4.69) is 5.32 Å². The zero-order valence-electron chi connectivity index (χ0n) is 10.6. The average Bonchev–Trinajstić information content (AvgIpc) is 2.42. The van der Waals surface area contributed by atoms with Crippen molar-refractivity contribution in [1.29, 1.82) is 0 Å². The van der Waals surface area contributed by atoms with Crippen molar-refractivity contribution in [1.82, 2.24) is 0 Å². The van der Waals surface area contributed by atoms with Gasteiger partial charge in [0.1, 0.15) is 5.82 Å². The summed E-state index contributed by atoms with van der Waals surface area (Å²) in [5, 5.41) is 3.54. The minimum Gasteiger partial charge on any atom is -0.380 e. The van der Waals surface area contributed by atoms with Crippen LogP contribution in [0.15, 0.2) is 42.5 Å². The highest BCUT2D eigenvalue weighted by Gasteiger charge is 2.02. The molecule has 0 saturated carbocycles.